The molecule has 0 unspecified atom stereocenters. The van der Waals surface area contributed by atoms with Crippen LogP contribution in [0, 0.1) is 0 Å². The number of hydrazone groups is 4. The molecule has 8 N–H and O–H groups in total. The maximum Gasteiger partial charge on any atom is 0.0432 e. The van der Waals surface area contributed by atoms with E-state index in [-0.39, 0.29) is 0 Å². The van der Waals surface area contributed by atoms with Gasteiger partial charge in [-0.05, 0) is 45.4 Å². The lowest BCUT2D eigenvalue weighted by atomic mass is 9.97. The standard InChI is InChI=1S/C7H16N4.C6H12N4/c1-3-7(11-9)5-4-6(2)10-8;7-9-5-2-1-3-6(4-5)10-8/h3-5,8-9H2,1-2H3;1-4,7-8H2/b10-6-,11-7+;9-5-,10-6+. The molecule has 0 heterocycles. The minimum atomic E-state index is 0.771. The Bertz CT molecular complexity index is 390. The summed E-state index contributed by atoms with van der Waals surface area (Å²) in [4.78, 5) is 0. The molecule has 0 aromatic heterocycles. The van der Waals surface area contributed by atoms with Crippen molar-refractivity contribution in [2.75, 3.05) is 0 Å². The Hall–Kier alpha value is -2.12. The first kappa shape index (κ1) is 18.9. The summed E-state index contributed by atoms with van der Waals surface area (Å²) in [5.74, 6) is 20.4. The normalized spacial score (nSPS) is 20.3. The Balaban J connectivity index is 0.000000382. The van der Waals surface area contributed by atoms with Crippen LogP contribution in [-0.4, -0.2) is 22.8 Å². The van der Waals surface area contributed by atoms with Crippen LogP contribution in [-0.2, 0) is 0 Å². The Morgan fingerprint density at radius 1 is 0.952 bits per heavy atom. The fourth-order valence-electron chi connectivity index (χ4n) is 1.85. The molecule has 21 heavy (non-hydrogen) atoms. The Morgan fingerprint density at radius 3 is 1.90 bits per heavy atom. The van der Waals surface area contributed by atoms with Crippen LogP contribution in [0.3, 0.4) is 0 Å². The van der Waals surface area contributed by atoms with Crippen LogP contribution >= 0.6 is 0 Å². The molecule has 1 rings (SSSR count). The second-order valence-electron chi connectivity index (χ2n) is 4.83. The van der Waals surface area contributed by atoms with E-state index in [2.05, 4.69) is 20.4 Å². The van der Waals surface area contributed by atoms with Crippen LogP contribution in [0.4, 0.5) is 0 Å². The van der Waals surface area contributed by atoms with E-state index in [9.17, 15) is 0 Å². The minimum absolute atomic E-state index is 0.771. The summed E-state index contributed by atoms with van der Waals surface area (Å²) < 4.78 is 0. The molecule has 1 saturated carbocycles. The molecule has 8 heteroatoms. The highest BCUT2D eigenvalue weighted by Gasteiger charge is 2.11. The highest BCUT2D eigenvalue weighted by Crippen LogP contribution is 2.11. The maximum atomic E-state index is 5.13. The van der Waals surface area contributed by atoms with Gasteiger partial charge in [0.25, 0.3) is 0 Å². The molecule has 0 aliphatic heterocycles. The van der Waals surface area contributed by atoms with E-state index in [0.29, 0.717) is 0 Å². The average Bonchev–Trinajstić information content (AvgIpc) is 2.56. The summed E-state index contributed by atoms with van der Waals surface area (Å²) in [5, 5.41) is 14.4. The van der Waals surface area contributed by atoms with Crippen molar-refractivity contribution < 1.29 is 0 Å². The lowest BCUT2D eigenvalue weighted by Crippen LogP contribution is -2.17. The first-order chi connectivity index (χ1) is 10.1. The van der Waals surface area contributed by atoms with Gasteiger partial charge in [0.05, 0.1) is 0 Å². The molecular weight excluding hydrogens is 268 g/mol. The molecular formula is C13H28N8. The molecule has 1 aliphatic rings. The first-order valence-corrected chi connectivity index (χ1v) is 7.11. The zero-order valence-electron chi connectivity index (χ0n) is 13.0. The molecule has 0 amide bonds. The van der Waals surface area contributed by atoms with Gasteiger partial charge in [-0.2, -0.15) is 20.4 Å². The van der Waals surface area contributed by atoms with Crippen LogP contribution in [0.2, 0.25) is 0 Å². The summed E-state index contributed by atoms with van der Waals surface area (Å²) >= 11 is 0. The highest BCUT2D eigenvalue weighted by atomic mass is 15.1. The molecule has 0 aromatic rings. The van der Waals surface area contributed by atoms with Crippen LogP contribution in [0.15, 0.2) is 20.4 Å². The predicted octanol–water partition coefficient (Wildman–Crippen LogP) is 1.02. The van der Waals surface area contributed by atoms with Crippen LogP contribution in [0.1, 0.15) is 58.8 Å². The van der Waals surface area contributed by atoms with Crippen molar-refractivity contribution in [3.05, 3.63) is 0 Å². The number of hydrogen-bond acceptors (Lipinski definition) is 8. The lowest BCUT2D eigenvalue weighted by molar-refractivity contribution is 0.861. The van der Waals surface area contributed by atoms with E-state index in [0.717, 1.165) is 67.8 Å². The van der Waals surface area contributed by atoms with Crippen molar-refractivity contribution in [1.82, 2.24) is 0 Å². The molecule has 1 aliphatic carbocycles. The first-order valence-electron chi connectivity index (χ1n) is 7.11. The van der Waals surface area contributed by atoms with Gasteiger partial charge in [0.15, 0.2) is 0 Å². The lowest BCUT2D eigenvalue weighted by Gasteiger charge is -2.12. The Kier molecular flexibility index (Phi) is 10.5. The summed E-state index contributed by atoms with van der Waals surface area (Å²) in [7, 11) is 0. The quantitative estimate of drug-likeness (QED) is 0.347. The van der Waals surface area contributed by atoms with Crippen LogP contribution in [0.25, 0.3) is 0 Å². The van der Waals surface area contributed by atoms with E-state index >= 15 is 0 Å². The molecule has 120 valence electrons. The minimum Gasteiger partial charge on any atom is -0.323 e. The Morgan fingerprint density at radius 2 is 1.52 bits per heavy atom. The zero-order valence-corrected chi connectivity index (χ0v) is 13.0. The molecule has 0 spiro atoms. The topological polar surface area (TPSA) is 154 Å². The largest absolute Gasteiger partial charge is 0.323 e. The van der Waals surface area contributed by atoms with Crippen molar-refractivity contribution in [3.63, 3.8) is 0 Å². The fourth-order valence-corrected chi connectivity index (χ4v) is 1.85. The average molecular weight is 296 g/mol. The van der Waals surface area contributed by atoms with Gasteiger partial charge in [-0.25, -0.2) is 0 Å². The molecule has 0 bridgehead atoms. The smallest absolute Gasteiger partial charge is 0.0432 e. The number of hydrogen-bond donors (Lipinski definition) is 4. The van der Waals surface area contributed by atoms with Gasteiger partial charge in [0, 0.05) is 29.3 Å². The van der Waals surface area contributed by atoms with Crippen molar-refractivity contribution in [2.24, 2.45) is 43.8 Å². The van der Waals surface area contributed by atoms with Crippen LogP contribution in [0.5, 0.6) is 0 Å². The van der Waals surface area contributed by atoms with Crippen molar-refractivity contribution in [3.8, 4) is 0 Å². The second kappa shape index (κ2) is 11.7. The summed E-state index contributed by atoms with van der Waals surface area (Å²) in [5.41, 5.74) is 3.96. The molecule has 0 saturated heterocycles. The fraction of sp³-hybridized carbons (Fsp3) is 0.692. The van der Waals surface area contributed by atoms with Gasteiger partial charge in [-0.15, -0.1) is 0 Å². The summed E-state index contributed by atoms with van der Waals surface area (Å²) in [6.07, 6.45) is 6.44. The maximum absolute atomic E-state index is 5.13. The number of rotatable bonds is 4. The molecule has 0 aromatic carbocycles. The predicted molar refractivity (Wildman–Crippen MR) is 90.2 cm³/mol. The molecule has 0 radical (unpaired) electrons. The number of nitrogens with zero attached hydrogens (tertiary/aromatic N) is 4. The molecule has 8 nitrogen and oxygen atoms in total. The highest BCUT2D eigenvalue weighted by molar-refractivity contribution is 6.06. The van der Waals surface area contributed by atoms with E-state index in [1.807, 2.05) is 13.8 Å². The van der Waals surface area contributed by atoms with Gasteiger partial charge in [-0.1, -0.05) is 6.92 Å². The van der Waals surface area contributed by atoms with Crippen molar-refractivity contribution >= 4 is 22.8 Å². The SMILES string of the molecule is CC/C(CC/C(C)=N\N)=N\N.N/N=C1/CCC/C(=N\N)C1. The third-order valence-electron chi connectivity index (χ3n) is 3.29. The van der Waals surface area contributed by atoms with Gasteiger partial charge >= 0.3 is 0 Å². The van der Waals surface area contributed by atoms with Crippen molar-refractivity contribution in [2.45, 2.75) is 58.8 Å². The monoisotopic (exact) mass is 296 g/mol. The van der Waals surface area contributed by atoms with Gasteiger partial charge < -0.3 is 23.4 Å². The Labute approximate surface area is 126 Å². The van der Waals surface area contributed by atoms with Crippen LogP contribution < -0.4 is 23.4 Å². The number of nitrogens with two attached hydrogens (primary N) is 4. The molecule has 0 atom stereocenters. The van der Waals surface area contributed by atoms with E-state index in [4.69, 9.17) is 23.4 Å². The van der Waals surface area contributed by atoms with E-state index < -0.39 is 0 Å². The third-order valence-corrected chi connectivity index (χ3v) is 3.29. The van der Waals surface area contributed by atoms with E-state index in [1.165, 1.54) is 0 Å². The third kappa shape index (κ3) is 8.61. The van der Waals surface area contributed by atoms with Gasteiger partial charge in [0.2, 0.25) is 0 Å². The second-order valence-corrected chi connectivity index (χ2v) is 4.83. The summed E-state index contributed by atoms with van der Waals surface area (Å²) in [6.45, 7) is 3.92. The van der Waals surface area contributed by atoms with Gasteiger partial charge in [0.1, 0.15) is 0 Å². The molecule has 1 fully saturated rings. The zero-order chi connectivity index (χ0) is 16.1. The van der Waals surface area contributed by atoms with Gasteiger partial charge in [-0.3, -0.25) is 0 Å². The van der Waals surface area contributed by atoms with E-state index in [1.54, 1.807) is 0 Å². The summed E-state index contributed by atoms with van der Waals surface area (Å²) in [6, 6.07) is 0. The van der Waals surface area contributed by atoms with Crippen molar-refractivity contribution in [1.29, 1.82) is 0 Å².